The van der Waals surface area contributed by atoms with Gasteiger partial charge in [-0.3, -0.25) is 5.84 Å². The summed E-state index contributed by atoms with van der Waals surface area (Å²) in [4.78, 5) is 0. The Morgan fingerprint density at radius 1 is 1.06 bits per heavy atom. The highest BCUT2D eigenvalue weighted by molar-refractivity contribution is 5.41. The summed E-state index contributed by atoms with van der Waals surface area (Å²) in [7, 11) is 0. The molecule has 3 N–H and O–H groups in total. The minimum atomic E-state index is -0.251. The molecular formula is C15H17FN2. The zero-order valence-electron chi connectivity index (χ0n) is 10.6. The fourth-order valence-corrected chi connectivity index (χ4v) is 2.32. The van der Waals surface area contributed by atoms with Crippen molar-refractivity contribution >= 4 is 0 Å². The Hall–Kier alpha value is -1.71. The van der Waals surface area contributed by atoms with Crippen LogP contribution >= 0.6 is 0 Å². The van der Waals surface area contributed by atoms with E-state index in [9.17, 15) is 4.39 Å². The molecule has 18 heavy (non-hydrogen) atoms. The number of nitrogens with two attached hydrogens (primary N) is 1. The first-order chi connectivity index (χ1) is 8.63. The molecule has 2 aromatic carbocycles. The Morgan fingerprint density at radius 3 is 2.22 bits per heavy atom. The summed E-state index contributed by atoms with van der Waals surface area (Å²) >= 11 is 0. The first kappa shape index (κ1) is 12.7. The smallest absolute Gasteiger partial charge is 0.123 e. The van der Waals surface area contributed by atoms with E-state index in [1.54, 1.807) is 6.07 Å². The van der Waals surface area contributed by atoms with Crippen molar-refractivity contribution < 1.29 is 4.39 Å². The highest BCUT2D eigenvalue weighted by atomic mass is 19.1. The molecule has 0 fully saturated rings. The third kappa shape index (κ3) is 2.42. The normalized spacial score (nSPS) is 12.4. The van der Waals surface area contributed by atoms with Crippen molar-refractivity contribution in [3.8, 4) is 0 Å². The minimum Gasteiger partial charge on any atom is -0.271 e. The molecule has 0 heterocycles. The summed E-state index contributed by atoms with van der Waals surface area (Å²) in [5.41, 5.74) is 6.99. The molecule has 0 saturated carbocycles. The Balaban J connectivity index is 2.52. The van der Waals surface area contributed by atoms with Crippen molar-refractivity contribution in [1.29, 1.82) is 0 Å². The van der Waals surface area contributed by atoms with Gasteiger partial charge in [0.05, 0.1) is 6.04 Å². The maximum atomic E-state index is 13.3. The quantitative estimate of drug-likeness (QED) is 0.643. The molecule has 2 aromatic rings. The van der Waals surface area contributed by atoms with Gasteiger partial charge in [0.1, 0.15) is 5.82 Å². The summed E-state index contributed by atoms with van der Waals surface area (Å²) < 4.78 is 13.3. The van der Waals surface area contributed by atoms with E-state index in [0.717, 1.165) is 22.3 Å². The molecule has 0 radical (unpaired) electrons. The number of hydrazine groups is 1. The molecule has 2 nitrogen and oxygen atoms in total. The fourth-order valence-electron chi connectivity index (χ4n) is 2.32. The molecule has 0 saturated heterocycles. The fraction of sp³-hybridized carbons (Fsp3) is 0.200. The summed E-state index contributed by atoms with van der Waals surface area (Å²) in [5.74, 6) is 5.40. The summed E-state index contributed by atoms with van der Waals surface area (Å²) in [6, 6.07) is 12.4. The van der Waals surface area contributed by atoms with Crippen molar-refractivity contribution in [3.05, 3.63) is 70.5 Å². The SMILES string of the molecule is Cc1cccc(C)c1C(NN)c1cccc(F)c1. The van der Waals surface area contributed by atoms with Gasteiger partial charge in [-0.25, -0.2) is 9.82 Å². The Labute approximate surface area is 107 Å². The molecule has 0 aliphatic rings. The Morgan fingerprint density at radius 2 is 1.67 bits per heavy atom. The van der Waals surface area contributed by atoms with E-state index in [-0.39, 0.29) is 11.9 Å². The van der Waals surface area contributed by atoms with Crippen LogP contribution in [0.1, 0.15) is 28.3 Å². The second kappa shape index (κ2) is 5.29. The number of benzene rings is 2. The van der Waals surface area contributed by atoms with Crippen LogP contribution in [-0.4, -0.2) is 0 Å². The predicted molar refractivity (Wildman–Crippen MR) is 71.5 cm³/mol. The Kier molecular flexibility index (Phi) is 3.75. The molecule has 0 spiro atoms. The monoisotopic (exact) mass is 244 g/mol. The van der Waals surface area contributed by atoms with Crippen LogP contribution < -0.4 is 11.3 Å². The molecule has 0 aliphatic carbocycles. The van der Waals surface area contributed by atoms with Crippen molar-refractivity contribution in [2.45, 2.75) is 19.9 Å². The lowest BCUT2D eigenvalue weighted by Crippen LogP contribution is -2.30. The second-order valence-electron chi connectivity index (χ2n) is 4.46. The molecule has 1 atom stereocenters. The van der Waals surface area contributed by atoms with Crippen LogP contribution in [0, 0.1) is 19.7 Å². The Bertz CT molecular complexity index is 532. The van der Waals surface area contributed by atoms with Crippen molar-refractivity contribution in [2.24, 2.45) is 5.84 Å². The van der Waals surface area contributed by atoms with Gasteiger partial charge >= 0.3 is 0 Å². The van der Waals surface area contributed by atoms with Crippen LogP contribution in [0.5, 0.6) is 0 Å². The topological polar surface area (TPSA) is 38.0 Å². The van der Waals surface area contributed by atoms with E-state index in [4.69, 9.17) is 5.84 Å². The maximum Gasteiger partial charge on any atom is 0.123 e. The van der Waals surface area contributed by atoms with Gasteiger partial charge in [-0.05, 0) is 48.2 Å². The van der Waals surface area contributed by atoms with E-state index in [0.29, 0.717) is 0 Å². The first-order valence-electron chi connectivity index (χ1n) is 5.91. The van der Waals surface area contributed by atoms with Gasteiger partial charge in [0.15, 0.2) is 0 Å². The lowest BCUT2D eigenvalue weighted by Gasteiger charge is -2.21. The molecule has 0 aromatic heterocycles. The van der Waals surface area contributed by atoms with E-state index in [1.807, 2.05) is 38.1 Å². The molecule has 94 valence electrons. The lowest BCUT2D eigenvalue weighted by molar-refractivity contribution is 0.602. The highest BCUT2D eigenvalue weighted by Gasteiger charge is 2.16. The van der Waals surface area contributed by atoms with Crippen molar-refractivity contribution in [3.63, 3.8) is 0 Å². The molecule has 2 rings (SSSR count). The number of hydrogen-bond donors (Lipinski definition) is 2. The average Bonchev–Trinajstić information content (AvgIpc) is 2.34. The molecule has 1 unspecified atom stereocenters. The standard InChI is InChI=1S/C15H17FN2/c1-10-5-3-6-11(2)14(10)15(18-17)12-7-4-8-13(16)9-12/h3-9,15,18H,17H2,1-2H3. The molecule has 0 amide bonds. The molecule has 3 heteroatoms. The third-order valence-corrected chi connectivity index (χ3v) is 3.18. The number of nitrogens with one attached hydrogen (secondary N) is 1. The van der Waals surface area contributed by atoms with Crippen LogP contribution in [0.3, 0.4) is 0 Å². The van der Waals surface area contributed by atoms with Crippen LogP contribution in [-0.2, 0) is 0 Å². The van der Waals surface area contributed by atoms with E-state index in [2.05, 4.69) is 5.43 Å². The third-order valence-electron chi connectivity index (χ3n) is 3.18. The minimum absolute atomic E-state index is 0.193. The van der Waals surface area contributed by atoms with E-state index in [1.165, 1.54) is 12.1 Å². The van der Waals surface area contributed by atoms with Gasteiger partial charge in [-0.1, -0.05) is 30.3 Å². The zero-order chi connectivity index (χ0) is 13.1. The largest absolute Gasteiger partial charge is 0.271 e. The van der Waals surface area contributed by atoms with Gasteiger partial charge in [0.2, 0.25) is 0 Å². The van der Waals surface area contributed by atoms with Gasteiger partial charge in [-0.2, -0.15) is 0 Å². The zero-order valence-corrected chi connectivity index (χ0v) is 10.6. The highest BCUT2D eigenvalue weighted by Crippen LogP contribution is 2.27. The van der Waals surface area contributed by atoms with Crippen molar-refractivity contribution in [1.82, 2.24) is 5.43 Å². The summed E-state index contributed by atoms with van der Waals surface area (Å²) in [6.07, 6.45) is 0. The molecule has 0 aliphatic heterocycles. The molecular weight excluding hydrogens is 227 g/mol. The van der Waals surface area contributed by atoms with E-state index >= 15 is 0 Å². The number of halogens is 1. The van der Waals surface area contributed by atoms with Gasteiger partial charge in [0, 0.05) is 0 Å². The maximum absolute atomic E-state index is 13.3. The van der Waals surface area contributed by atoms with Crippen LogP contribution in [0.25, 0.3) is 0 Å². The first-order valence-corrected chi connectivity index (χ1v) is 5.91. The number of rotatable bonds is 3. The van der Waals surface area contributed by atoms with Gasteiger partial charge in [0.25, 0.3) is 0 Å². The number of aryl methyl sites for hydroxylation is 2. The average molecular weight is 244 g/mol. The second-order valence-corrected chi connectivity index (χ2v) is 4.46. The summed E-state index contributed by atoms with van der Waals surface area (Å²) in [5, 5.41) is 0. The van der Waals surface area contributed by atoms with Gasteiger partial charge in [-0.15, -0.1) is 0 Å². The van der Waals surface area contributed by atoms with E-state index < -0.39 is 0 Å². The predicted octanol–water partition coefficient (Wildman–Crippen LogP) is 3.00. The van der Waals surface area contributed by atoms with Crippen LogP contribution in [0.2, 0.25) is 0 Å². The van der Waals surface area contributed by atoms with Gasteiger partial charge < -0.3 is 0 Å². The summed E-state index contributed by atoms with van der Waals surface area (Å²) in [6.45, 7) is 4.07. The van der Waals surface area contributed by atoms with Crippen LogP contribution in [0.15, 0.2) is 42.5 Å². The lowest BCUT2D eigenvalue weighted by atomic mass is 9.92. The number of hydrogen-bond acceptors (Lipinski definition) is 2. The van der Waals surface area contributed by atoms with Crippen molar-refractivity contribution in [2.75, 3.05) is 0 Å². The molecule has 0 bridgehead atoms. The van der Waals surface area contributed by atoms with Crippen LogP contribution in [0.4, 0.5) is 4.39 Å².